The molecule has 0 unspecified atom stereocenters. The van der Waals surface area contributed by atoms with Crippen LogP contribution in [0.3, 0.4) is 0 Å². The molecule has 0 aromatic carbocycles. The zero-order chi connectivity index (χ0) is 13.3. The molecule has 0 atom stereocenters. The largest absolute Gasteiger partial charge is 0.383 e. The van der Waals surface area contributed by atoms with Gasteiger partial charge in [0.2, 0.25) is 0 Å². The van der Waals surface area contributed by atoms with Gasteiger partial charge in [-0.3, -0.25) is 4.90 Å². The Hall–Kier alpha value is -1.36. The number of nitrogens with two attached hydrogens (primary N) is 1. The fourth-order valence-electron chi connectivity index (χ4n) is 2.39. The van der Waals surface area contributed by atoms with Crippen LogP contribution < -0.4 is 10.6 Å². The molecule has 18 heavy (non-hydrogen) atoms. The summed E-state index contributed by atoms with van der Waals surface area (Å²) in [5, 5.41) is 0. The van der Waals surface area contributed by atoms with E-state index in [1.54, 1.807) is 0 Å². The minimum Gasteiger partial charge on any atom is -0.383 e. The lowest BCUT2D eigenvalue weighted by Crippen LogP contribution is -2.49. The van der Waals surface area contributed by atoms with Crippen LogP contribution in [0.25, 0.3) is 0 Å². The highest BCUT2D eigenvalue weighted by Gasteiger charge is 2.21. The van der Waals surface area contributed by atoms with Crippen molar-refractivity contribution in [3.63, 3.8) is 0 Å². The number of piperazine rings is 1. The van der Waals surface area contributed by atoms with Crippen molar-refractivity contribution < 1.29 is 0 Å². The van der Waals surface area contributed by atoms with E-state index in [-0.39, 0.29) is 0 Å². The van der Waals surface area contributed by atoms with Gasteiger partial charge in [-0.05, 0) is 27.7 Å². The van der Waals surface area contributed by atoms with Crippen LogP contribution in [0.4, 0.5) is 11.6 Å². The number of nitrogens with zero attached hydrogens (tertiary/aromatic N) is 4. The van der Waals surface area contributed by atoms with Crippen molar-refractivity contribution in [3.05, 3.63) is 11.4 Å². The molecule has 2 heterocycles. The summed E-state index contributed by atoms with van der Waals surface area (Å²) in [6.07, 6.45) is 0. The number of anilines is 2. The van der Waals surface area contributed by atoms with Crippen molar-refractivity contribution in [1.29, 1.82) is 0 Å². The molecule has 0 spiro atoms. The van der Waals surface area contributed by atoms with E-state index < -0.39 is 0 Å². The minimum atomic E-state index is 0.601. The molecule has 0 bridgehead atoms. The van der Waals surface area contributed by atoms with Gasteiger partial charge in [-0.15, -0.1) is 0 Å². The molecule has 1 fully saturated rings. The number of nitrogen functional groups attached to an aromatic ring is 1. The molecule has 1 aliphatic rings. The Morgan fingerprint density at radius 1 is 1.06 bits per heavy atom. The normalized spacial score (nSPS) is 17.5. The van der Waals surface area contributed by atoms with Crippen molar-refractivity contribution in [1.82, 2.24) is 14.9 Å². The molecule has 100 valence electrons. The predicted octanol–water partition coefficient (Wildman–Crippen LogP) is 1.21. The van der Waals surface area contributed by atoms with Crippen molar-refractivity contribution in [2.24, 2.45) is 0 Å². The van der Waals surface area contributed by atoms with Crippen molar-refractivity contribution in [3.8, 4) is 0 Å². The monoisotopic (exact) mass is 249 g/mol. The van der Waals surface area contributed by atoms with Crippen LogP contribution >= 0.6 is 0 Å². The van der Waals surface area contributed by atoms with Crippen molar-refractivity contribution in [2.75, 3.05) is 36.8 Å². The van der Waals surface area contributed by atoms with Gasteiger partial charge in [0, 0.05) is 37.8 Å². The maximum atomic E-state index is 5.92. The molecule has 5 heteroatoms. The van der Waals surface area contributed by atoms with Crippen LogP contribution in [-0.2, 0) is 0 Å². The summed E-state index contributed by atoms with van der Waals surface area (Å²) < 4.78 is 0. The van der Waals surface area contributed by atoms with Crippen LogP contribution in [0.15, 0.2) is 0 Å². The molecular formula is C13H23N5. The van der Waals surface area contributed by atoms with E-state index in [0.717, 1.165) is 43.4 Å². The first kappa shape index (κ1) is 13.1. The SMILES string of the molecule is Cc1nc(N)c(C)c(N2CCN(C(C)C)CC2)n1. The minimum absolute atomic E-state index is 0.601. The molecule has 0 aliphatic carbocycles. The zero-order valence-electron chi connectivity index (χ0n) is 11.8. The topological polar surface area (TPSA) is 58.3 Å². The van der Waals surface area contributed by atoms with E-state index in [1.807, 2.05) is 13.8 Å². The molecule has 0 radical (unpaired) electrons. The quantitative estimate of drug-likeness (QED) is 0.853. The lowest BCUT2D eigenvalue weighted by Gasteiger charge is -2.38. The molecule has 2 rings (SSSR count). The van der Waals surface area contributed by atoms with Gasteiger partial charge in [0.1, 0.15) is 17.5 Å². The summed E-state index contributed by atoms with van der Waals surface area (Å²) in [7, 11) is 0. The molecule has 1 saturated heterocycles. The second kappa shape index (κ2) is 5.10. The molecule has 0 amide bonds. The predicted molar refractivity (Wildman–Crippen MR) is 74.8 cm³/mol. The van der Waals surface area contributed by atoms with Crippen LogP contribution in [0, 0.1) is 13.8 Å². The van der Waals surface area contributed by atoms with Crippen LogP contribution in [0.5, 0.6) is 0 Å². The maximum Gasteiger partial charge on any atom is 0.137 e. The fraction of sp³-hybridized carbons (Fsp3) is 0.692. The van der Waals surface area contributed by atoms with Gasteiger partial charge in [-0.25, -0.2) is 9.97 Å². The van der Waals surface area contributed by atoms with Crippen LogP contribution in [0.1, 0.15) is 25.2 Å². The van der Waals surface area contributed by atoms with E-state index in [2.05, 4.69) is 33.6 Å². The second-order valence-corrected chi connectivity index (χ2v) is 5.22. The molecule has 5 nitrogen and oxygen atoms in total. The average molecular weight is 249 g/mol. The first-order valence-corrected chi connectivity index (χ1v) is 6.58. The number of aromatic nitrogens is 2. The highest BCUT2D eigenvalue weighted by Crippen LogP contribution is 2.22. The lowest BCUT2D eigenvalue weighted by atomic mass is 10.2. The van der Waals surface area contributed by atoms with Gasteiger partial charge in [0.05, 0.1) is 0 Å². The zero-order valence-corrected chi connectivity index (χ0v) is 11.8. The number of rotatable bonds is 2. The summed E-state index contributed by atoms with van der Waals surface area (Å²) in [6, 6.07) is 0.616. The number of hydrogen-bond donors (Lipinski definition) is 1. The second-order valence-electron chi connectivity index (χ2n) is 5.22. The van der Waals surface area contributed by atoms with Gasteiger partial charge in [-0.1, -0.05) is 0 Å². The number of hydrogen-bond acceptors (Lipinski definition) is 5. The van der Waals surface area contributed by atoms with Crippen molar-refractivity contribution >= 4 is 11.6 Å². The fourth-order valence-corrected chi connectivity index (χ4v) is 2.39. The average Bonchev–Trinajstić information content (AvgIpc) is 2.34. The standard InChI is InChI=1S/C13H23N5/c1-9(2)17-5-7-18(8-6-17)13-10(3)12(14)15-11(4)16-13/h9H,5-8H2,1-4H3,(H2,14,15,16). The van der Waals surface area contributed by atoms with E-state index in [1.165, 1.54) is 0 Å². The molecule has 1 aliphatic heterocycles. The van der Waals surface area contributed by atoms with Crippen LogP contribution in [0.2, 0.25) is 0 Å². The molecule has 0 saturated carbocycles. The van der Waals surface area contributed by atoms with Gasteiger partial charge < -0.3 is 10.6 Å². The maximum absolute atomic E-state index is 5.92. The van der Waals surface area contributed by atoms with Gasteiger partial charge in [0.15, 0.2) is 0 Å². The Morgan fingerprint density at radius 2 is 1.67 bits per heavy atom. The van der Waals surface area contributed by atoms with Gasteiger partial charge in [0.25, 0.3) is 0 Å². The summed E-state index contributed by atoms with van der Waals surface area (Å²) >= 11 is 0. The molecule has 1 aromatic heterocycles. The lowest BCUT2D eigenvalue weighted by molar-refractivity contribution is 0.209. The van der Waals surface area contributed by atoms with E-state index in [9.17, 15) is 0 Å². The van der Waals surface area contributed by atoms with E-state index in [0.29, 0.717) is 11.9 Å². The van der Waals surface area contributed by atoms with Crippen LogP contribution in [-0.4, -0.2) is 47.1 Å². The van der Waals surface area contributed by atoms with Gasteiger partial charge in [-0.2, -0.15) is 0 Å². The Bertz CT molecular complexity index is 422. The Balaban J connectivity index is 2.15. The van der Waals surface area contributed by atoms with E-state index in [4.69, 9.17) is 5.73 Å². The third-order valence-electron chi connectivity index (χ3n) is 3.61. The summed E-state index contributed by atoms with van der Waals surface area (Å²) in [4.78, 5) is 13.6. The summed E-state index contributed by atoms with van der Waals surface area (Å²) in [5.74, 6) is 2.35. The highest BCUT2D eigenvalue weighted by atomic mass is 15.3. The summed E-state index contributed by atoms with van der Waals surface area (Å²) in [6.45, 7) is 12.6. The highest BCUT2D eigenvalue weighted by molar-refractivity contribution is 5.56. The first-order valence-electron chi connectivity index (χ1n) is 6.58. The van der Waals surface area contributed by atoms with Gasteiger partial charge >= 0.3 is 0 Å². The third-order valence-corrected chi connectivity index (χ3v) is 3.61. The summed E-state index contributed by atoms with van der Waals surface area (Å²) in [5.41, 5.74) is 6.91. The Kier molecular flexibility index (Phi) is 3.71. The molecule has 2 N–H and O–H groups in total. The first-order chi connectivity index (χ1) is 8.49. The molecular weight excluding hydrogens is 226 g/mol. The van der Waals surface area contributed by atoms with E-state index >= 15 is 0 Å². The molecule has 1 aromatic rings. The third kappa shape index (κ3) is 2.56. The Morgan fingerprint density at radius 3 is 2.22 bits per heavy atom. The number of aryl methyl sites for hydroxylation is 1. The van der Waals surface area contributed by atoms with Crippen molar-refractivity contribution in [2.45, 2.75) is 33.7 Å². The smallest absolute Gasteiger partial charge is 0.137 e. The Labute approximate surface area is 109 Å².